The highest BCUT2D eigenvalue weighted by atomic mass is 32.2. The molecule has 1 aliphatic rings. The largest absolute Gasteiger partial charge is 0.492 e. The Labute approximate surface area is 157 Å². The zero-order chi connectivity index (χ0) is 18.5. The topological polar surface area (TPSA) is 49.9 Å². The minimum atomic E-state index is -0.321. The van der Waals surface area contributed by atoms with E-state index in [1.165, 1.54) is 11.9 Å². The number of hydrogen-bond acceptors (Lipinski definition) is 5. The Balaban J connectivity index is 1.47. The minimum Gasteiger partial charge on any atom is -0.492 e. The molecule has 0 N–H and O–H groups in total. The van der Waals surface area contributed by atoms with E-state index in [0.717, 1.165) is 35.3 Å². The summed E-state index contributed by atoms with van der Waals surface area (Å²) in [6.07, 6.45) is 0.552. The van der Waals surface area contributed by atoms with Gasteiger partial charge in [-0.15, -0.1) is 0 Å². The first-order valence-electron chi connectivity index (χ1n) is 8.50. The number of carbonyl (C=O) groups is 2. The van der Waals surface area contributed by atoms with E-state index in [-0.39, 0.29) is 16.4 Å². The Hall–Kier alpha value is -2.47. The van der Waals surface area contributed by atoms with Crippen LogP contribution >= 0.6 is 11.8 Å². The molecule has 0 radical (unpaired) electrons. The van der Waals surface area contributed by atoms with Crippen LogP contribution in [0.5, 0.6) is 5.75 Å². The summed E-state index contributed by atoms with van der Waals surface area (Å²) < 4.78 is 5.80. The predicted octanol–water partition coefficient (Wildman–Crippen LogP) is 3.44. The lowest BCUT2D eigenvalue weighted by molar-refractivity contribution is -0.125. The van der Waals surface area contributed by atoms with Gasteiger partial charge in [-0.2, -0.15) is 0 Å². The van der Waals surface area contributed by atoms with Gasteiger partial charge in [-0.25, -0.2) is 0 Å². The monoisotopic (exact) mass is 370 g/mol. The summed E-state index contributed by atoms with van der Waals surface area (Å²) in [4.78, 5) is 26.9. The molecular weight excluding hydrogens is 348 g/mol. The predicted molar refractivity (Wildman–Crippen MR) is 105 cm³/mol. The molecule has 6 heteroatoms. The second-order valence-electron chi connectivity index (χ2n) is 6.22. The van der Waals surface area contributed by atoms with E-state index in [0.29, 0.717) is 13.0 Å². The molecule has 2 aromatic carbocycles. The smallest absolute Gasteiger partial charge is 0.288 e. The van der Waals surface area contributed by atoms with E-state index in [1.807, 2.05) is 49.5 Å². The summed E-state index contributed by atoms with van der Waals surface area (Å²) in [5.41, 5.74) is 2.18. The van der Waals surface area contributed by atoms with E-state index in [1.54, 1.807) is 0 Å². The maximum Gasteiger partial charge on any atom is 0.288 e. The molecule has 5 nitrogen and oxygen atoms in total. The Morgan fingerprint density at radius 3 is 2.38 bits per heavy atom. The summed E-state index contributed by atoms with van der Waals surface area (Å²) in [7, 11) is 3.57. The highest BCUT2D eigenvalue weighted by Crippen LogP contribution is 2.28. The quantitative estimate of drug-likeness (QED) is 0.747. The number of rotatable bonds is 7. The zero-order valence-corrected chi connectivity index (χ0v) is 15.7. The van der Waals surface area contributed by atoms with Gasteiger partial charge in [-0.05, 0) is 36.2 Å². The van der Waals surface area contributed by atoms with Crippen LogP contribution in [0.2, 0.25) is 0 Å². The van der Waals surface area contributed by atoms with Crippen molar-refractivity contribution in [2.24, 2.45) is 0 Å². The maximum absolute atomic E-state index is 12.0. The average Bonchev–Trinajstić information content (AvgIpc) is 2.90. The van der Waals surface area contributed by atoms with Crippen LogP contribution in [0.1, 0.15) is 5.56 Å². The van der Waals surface area contributed by atoms with Crippen LogP contribution in [0.25, 0.3) is 0 Å². The number of likely N-dealkylation sites (N-methyl/N-ethyl adjacent to an activating group) is 1. The summed E-state index contributed by atoms with van der Waals surface area (Å²) in [6.45, 7) is 1.37. The van der Waals surface area contributed by atoms with Crippen LogP contribution < -0.4 is 9.64 Å². The number of thioether (sulfide) groups is 1. The van der Waals surface area contributed by atoms with Crippen LogP contribution in [0, 0.1) is 0 Å². The van der Waals surface area contributed by atoms with Crippen LogP contribution in [-0.2, 0) is 11.2 Å². The van der Waals surface area contributed by atoms with Crippen molar-refractivity contribution in [2.75, 3.05) is 32.1 Å². The fourth-order valence-corrected chi connectivity index (χ4v) is 3.76. The molecule has 0 aliphatic carbocycles. The first kappa shape index (κ1) is 18.3. The fourth-order valence-electron chi connectivity index (χ4n) is 2.73. The van der Waals surface area contributed by atoms with Gasteiger partial charge in [-0.3, -0.25) is 14.5 Å². The Morgan fingerprint density at radius 2 is 1.77 bits per heavy atom. The van der Waals surface area contributed by atoms with Gasteiger partial charge in [0.2, 0.25) is 5.91 Å². The van der Waals surface area contributed by atoms with Crippen molar-refractivity contribution in [1.29, 1.82) is 0 Å². The Morgan fingerprint density at radius 1 is 1.08 bits per heavy atom. The van der Waals surface area contributed by atoms with Gasteiger partial charge < -0.3 is 9.64 Å². The highest BCUT2D eigenvalue weighted by Gasteiger charge is 2.36. The third-order valence-electron chi connectivity index (χ3n) is 4.36. The lowest BCUT2D eigenvalue weighted by atomic mass is 10.1. The van der Waals surface area contributed by atoms with Crippen molar-refractivity contribution in [3.05, 3.63) is 60.2 Å². The number of amides is 2. The van der Waals surface area contributed by atoms with Crippen molar-refractivity contribution in [3.8, 4) is 5.75 Å². The van der Waals surface area contributed by atoms with E-state index >= 15 is 0 Å². The lowest BCUT2D eigenvalue weighted by Gasteiger charge is -2.19. The van der Waals surface area contributed by atoms with Gasteiger partial charge in [-0.1, -0.05) is 42.1 Å². The highest BCUT2D eigenvalue weighted by molar-refractivity contribution is 8.15. The van der Waals surface area contributed by atoms with Gasteiger partial charge in [0.25, 0.3) is 5.24 Å². The number of hydrogen-bond donors (Lipinski definition) is 0. The first-order valence-corrected chi connectivity index (χ1v) is 9.38. The SMILES string of the molecule is CN1C(=O)SC(Cc2ccc(OCCN(C)c3ccccc3)cc2)C1=O. The molecule has 0 saturated carbocycles. The zero-order valence-electron chi connectivity index (χ0n) is 14.9. The molecule has 2 amide bonds. The molecule has 0 spiro atoms. The molecule has 0 bridgehead atoms. The number of para-hydroxylation sites is 1. The van der Waals surface area contributed by atoms with Crippen molar-refractivity contribution >= 4 is 28.6 Å². The fraction of sp³-hybridized carbons (Fsp3) is 0.300. The van der Waals surface area contributed by atoms with E-state index in [2.05, 4.69) is 17.0 Å². The first-order chi connectivity index (χ1) is 12.5. The summed E-state index contributed by atoms with van der Waals surface area (Å²) in [6, 6.07) is 17.9. The molecule has 136 valence electrons. The number of imide groups is 1. The van der Waals surface area contributed by atoms with E-state index in [4.69, 9.17) is 4.74 Å². The molecule has 1 aliphatic heterocycles. The summed E-state index contributed by atoms with van der Waals surface area (Å²) in [5.74, 6) is 0.679. The number of benzene rings is 2. The van der Waals surface area contributed by atoms with Crippen LogP contribution in [-0.4, -0.2) is 48.5 Å². The van der Waals surface area contributed by atoms with Crippen LogP contribution in [0.15, 0.2) is 54.6 Å². The number of anilines is 1. The van der Waals surface area contributed by atoms with E-state index < -0.39 is 0 Å². The van der Waals surface area contributed by atoms with Crippen molar-refractivity contribution in [3.63, 3.8) is 0 Å². The van der Waals surface area contributed by atoms with Gasteiger partial charge in [0.05, 0.1) is 11.8 Å². The molecule has 1 unspecified atom stereocenters. The second-order valence-corrected chi connectivity index (χ2v) is 7.38. The number of nitrogens with zero attached hydrogens (tertiary/aromatic N) is 2. The number of carbonyl (C=O) groups excluding carboxylic acids is 2. The summed E-state index contributed by atoms with van der Waals surface area (Å²) >= 11 is 1.10. The molecular formula is C20H22N2O3S. The average molecular weight is 370 g/mol. The molecule has 2 aromatic rings. The third-order valence-corrected chi connectivity index (χ3v) is 5.49. The molecule has 1 fully saturated rings. The summed E-state index contributed by atoms with van der Waals surface area (Å²) in [5, 5.41) is -0.499. The molecule has 3 rings (SSSR count). The van der Waals surface area contributed by atoms with Gasteiger partial charge in [0.15, 0.2) is 0 Å². The standard InChI is InChI=1S/C20H22N2O3S/c1-21(16-6-4-3-5-7-16)12-13-25-17-10-8-15(9-11-17)14-18-19(23)22(2)20(24)26-18/h3-11,18H,12-14H2,1-2H3. The molecule has 26 heavy (non-hydrogen) atoms. The van der Waals surface area contributed by atoms with Crippen molar-refractivity contribution < 1.29 is 14.3 Å². The third kappa shape index (κ3) is 4.38. The van der Waals surface area contributed by atoms with Crippen molar-refractivity contribution in [2.45, 2.75) is 11.7 Å². The normalized spacial score (nSPS) is 16.8. The van der Waals surface area contributed by atoms with Crippen molar-refractivity contribution in [1.82, 2.24) is 4.90 Å². The minimum absolute atomic E-state index is 0.121. The van der Waals surface area contributed by atoms with Crippen LogP contribution in [0.3, 0.4) is 0 Å². The Kier molecular flexibility index (Phi) is 5.83. The Bertz CT molecular complexity index is 764. The van der Waals surface area contributed by atoms with Crippen LogP contribution in [0.4, 0.5) is 10.5 Å². The van der Waals surface area contributed by atoms with Gasteiger partial charge in [0.1, 0.15) is 12.4 Å². The van der Waals surface area contributed by atoms with Gasteiger partial charge in [0, 0.05) is 19.8 Å². The lowest BCUT2D eigenvalue weighted by Crippen LogP contribution is -2.28. The van der Waals surface area contributed by atoms with E-state index in [9.17, 15) is 9.59 Å². The molecule has 0 aromatic heterocycles. The molecule has 1 atom stereocenters. The maximum atomic E-state index is 12.0. The second kappa shape index (κ2) is 8.27. The van der Waals surface area contributed by atoms with Gasteiger partial charge >= 0.3 is 0 Å². The number of ether oxygens (including phenoxy) is 1. The molecule has 1 heterocycles. The molecule has 1 saturated heterocycles.